The molecule has 1 N–H and O–H groups in total. The van der Waals surface area contributed by atoms with Gasteiger partial charge in [-0.25, -0.2) is 4.98 Å². The maximum atomic E-state index is 12.3. The Labute approximate surface area is 153 Å². The molecule has 1 fully saturated rings. The van der Waals surface area contributed by atoms with E-state index >= 15 is 0 Å². The number of amides is 1. The number of hydrogen-bond acceptors (Lipinski definition) is 5. The molecule has 0 bridgehead atoms. The molecule has 1 saturated heterocycles. The molecule has 0 aromatic carbocycles. The molecule has 0 radical (unpaired) electrons. The number of aromatic nitrogens is 3. The summed E-state index contributed by atoms with van der Waals surface area (Å²) in [4.78, 5) is 18.8. The Morgan fingerprint density at radius 3 is 2.85 bits per heavy atom. The van der Waals surface area contributed by atoms with Crippen molar-refractivity contribution in [3.63, 3.8) is 0 Å². The van der Waals surface area contributed by atoms with Crippen molar-refractivity contribution >= 4 is 5.91 Å². The lowest BCUT2D eigenvalue weighted by Crippen LogP contribution is -2.41. The van der Waals surface area contributed by atoms with E-state index in [2.05, 4.69) is 32.1 Å². The van der Waals surface area contributed by atoms with Crippen molar-refractivity contribution < 1.29 is 9.53 Å². The zero-order valence-corrected chi connectivity index (χ0v) is 15.2. The number of nitrogens with zero attached hydrogens (tertiary/aromatic N) is 4. The summed E-state index contributed by atoms with van der Waals surface area (Å²) in [6.45, 7) is 6.71. The number of nitrogens with one attached hydrogen (secondary N) is 1. The van der Waals surface area contributed by atoms with E-state index in [1.807, 2.05) is 19.1 Å². The van der Waals surface area contributed by atoms with E-state index in [9.17, 15) is 4.79 Å². The summed E-state index contributed by atoms with van der Waals surface area (Å²) in [7, 11) is 1.77. The topological polar surface area (TPSA) is 72.3 Å². The molecule has 3 rings (SSSR count). The monoisotopic (exact) mass is 353 g/mol. The van der Waals surface area contributed by atoms with E-state index < -0.39 is 0 Å². The first-order valence-electron chi connectivity index (χ1n) is 8.69. The summed E-state index contributed by atoms with van der Waals surface area (Å²) >= 11 is 0. The van der Waals surface area contributed by atoms with Crippen molar-refractivity contribution in [3.8, 4) is 11.8 Å². The van der Waals surface area contributed by atoms with Crippen LogP contribution < -0.4 is 5.32 Å². The first kappa shape index (κ1) is 18.1. The zero-order valence-electron chi connectivity index (χ0n) is 15.2. The molecule has 3 heterocycles. The van der Waals surface area contributed by atoms with Crippen molar-refractivity contribution in [2.45, 2.75) is 6.92 Å². The smallest absolute Gasteiger partial charge is 0.271 e. The average Bonchev–Trinajstić information content (AvgIpc) is 3.03. The standard InChI is InChI=1S/C19H23N5O2/c1-15-3-4-16(21-14-15)5-6-17-13-18(22-23(17)2)19(25)20-7-8-24-9-11-26-12-10-24/h3-4,13-14H,7-12H2,1-2H3,(H,20,25). The molecule has 0 atom stereocenters. The fraction of sp³-hybridized carbons (Fsp3) is 0.421. The highest BCUT2D eigenvalue weighted by molar-refractivity contribution is 5.92. The van der Waals surface area contributed by atoms with Crippen LogP contribution in [0.2, 0.25) is 0 Å². The Morgan fingerprint density at radius 1 is 1.31 bits per heavy atom. The van der Waals surface area contributed by atoms with Crippen molar-refractivity contribution in [1.82, 2.24) is 25.0 Å². The number of carbonyl (C=O) groups excluding carboxylic acids is 1. The number of pyridine rings is 1. The van der Waals surface area contributed by atoms with Gasteiger partial charge in [-0.3, -0.25) is 14.4 Å². The molecule has 0 unspecified atom stereocenters. The minimum absolute atomic E-state index is 0.185. The molecular formula is C19H23N5O2. The molecule has 136 valence electrons. The van der Waals surface area contributed by atoms with E-state index in [0.717, 1.165) is 38.4 Å². The first-order valence-corrected chi connectivity index (χ1v) is 8.69. The van der Waals surface area contributed by atoms with Crippen LogP contribution in [0, 0.1) is 18.8 Å². The average molecular weight is 353 g/mol. The zero-order chi connectivity index (χ0) is 18.4. The second-order valence-corrected chi connectivity index (χ2v) is 6.22. The van der Waals surface area contributed by atoms with Crippen LogP contribution in [0.1, 0.15) is 27.4 Å². The third kappa shape index (κ3) is 4.91. The predicted octanol–water partition coefficient (Wildman–Crippen LogP) is 0.585. The number of carbonyl (C=O) groups is 1. The molecule has 1 aliphatic rings. The third-order valence-electron chi connectivity index (χ3n) is 4.16. The molecule has 0 spiro atoms. The molecule has 2 aromatic rings. The summed E-state index contributed by atoms with van der Waals surface area (Å²) in [6.07, 6.45) is 1.78. The number of rotatable bonds is 4. The Morgan fingerprint density at radius 2 is 2.12 bits per heavy atom. The summed E-state index contributed by atoms with van der Waals surface area (Å²) in [5.74, 6) is 5.83. The lowest BCUT2D eigenvalue weighted by Gasteiger charge is -2.26. The molecule has 7 heteroatoms. The van der Waals surface area contributed by atoms with Gasteiger partial charge in [0.2, 0.25) is 0 Å². The van der Waals surface area contributed by atoms with Gasteiger partial charge >= 0.3 is 0 Å². The molecule has 26 heavy (non-hydrogen) atoms. The van der Waals surface area contributed by atoms with Crippen LogP contribution in [0.3, 0.4) is 0 Å². The number of hydrogen-bond donors (Lipinski definition) is 1. The molecular weight excluding hydrogens is 330 g/mol. The van der Waals surface area contributed by atoms with Crippen LogP contribution in [-0.2, 0) is 11.8 Å². The van der Waals surface area contributed by atoms with Crippen LogP contribution in [0.4, 0.5) is 0 Å². The fourth-order valence-electron chi connectivity index (χ4n) is 2.61. The lowest BCUT2D eigenvalue weighted by atomic mass is 10.2. The second-order valence-electron chi connectivity index (χ2n) is 6.22. The highest BCUT2D eigenvalue weighted by Gasteiger charge is 2.13. The van der Waals surface area contributed by atoms with Gasteiger partial charge in [0, 0.05) is 45.5 Å². The van der Waals surface area contributed by atoms with Crippen molar-refractivity contribution in [1.29, 1.82) is 0 Å². The summed E-state index contributed by atoms with van der Waals surface area (Å²) in [5, 5.41) is 7.16. The maximum Gasteiger partial charge on any atom is 0.271 e. The van der Waals surface area contributed by atoms with Gasteiger partial charge < -0.3 is 10.1 Å². The molecule has 7 nitrogen and oxygen atoms in total. The van der Waals surface area contributed by atoms with Crippen molar-refractivity contribution in [2.24, 2.45) is 7.05 Å². The molecule has 2 aromatic heterocycles. The van der Waals surface area contributed by atoms with Crippen molar-refractivity contribution in [3.05, 3.63) is 47.0 Å². The van der Waals surface area contributed by atoms with Gasteiger partial charge in [0.15, 0.2) is 5.69 Å². The van der Waals surface area contributed by atoms with Crippen LogP contribution in [-0.4, -0.2) is 65.0 Å². The lowest BCUT2D eigenvalue weighted by molar-refractivity contribution is 0.0383. The summed E-state index contributed by atoms with van der Waals surface area (Å²) < 4.78 is 6.92. The number of morpholine rings is 1. The van der Waals surface area contributed by atoms with Gasteiger partial charge in [0.1, 0.15) is 11.4 Å². The van der Waals surface area contributed by atoms with E-state index in [4.69, 9.17) is 4.74 Å². The summed E-state index contributed by atoms with van der Waals surface area (Å²) in [5.41, 5.74) is 2.82. The highest BCUT2D eigenvalue weighted by atomic mass is 16.5. The van der Waals surface area contributed by atoms with Crippen molar-refractivity contribution in [2.75, 3.05) is 39.4 Å². The van der Waals surface area contributed by atoms with Crippen LogP contribution in [0.5, 0.6) is 0 Å². The summed E-state index contributed by atoms with van der Waals surface area (Å²) in [6, 6.07) is 5.54. The normalized spacial score (nSPS) is 14.5. The largest absolute Gasteiger partial charge is 0.379 e. The Hall–Kier alpha value is -2.69. The molecule has 1 amide bonds. The Bertz CT molecular complexity index is 811. The van der Waals surface area contributed by atoms with Gasteiger partial charge in [-0.05, 0) is 30.4 Å². The van der Waals surface area contributed by atoms with Gasteiger partial charge in [-0.1, -0.05) is 6.07 Å². The van der Waals surface area contributed by atoms with E-state index in [1.54, 1.807) is 24.0 Å². The van der Waals surface area contributed by atoms with Crippen LogP contribution >= 0.6 is 0 Å². The molecule has 0 aliphatic carbocycles. The molecule has 0 saturated carbocycles. The predicted molar refractivity (Wildman–Crippen MR) is 97.8 cm³/mol. The molecule has 1 aliphatic heterocycles. The number of ether oxygens (including phenoxy) is 1. The van der Waals surface area contributed by atoms with Gasteiger partial charge in [0.25, 0.3) is 5.91 Å². The SMILES string of the molecule is Cc1ccc(C#Cc2cc(C(=O)NCCN3CCOCC3)nn2C)nc1. The minimum atomic E-state index is -0.185. The Balaban J connectivity index is 1.56. The van der Waals surface area contributed by atoms with E-state index in [-0.39, 0.29) is 5.91 Å². The fourth-order valence-corrected chi connectivity index (χ4v) is 2.61. The minimum Gasteiger partial charge on any atom is -0.379 e. The third-order valence-corrected chi connectivity index (χ3v) is 4.16. The van der Waals surface area contributed by atoms with Gasteiger partial charge in [-0.15, -0.1) is 0 Å². The highest BCUT2D eigenvalue weighted by Crippen LogP contribution is 2.03. The number of aryl methyl sites for hydroxylation is 2. The van der Waals surface area contributed by atoms with Gasteiger partial charge in [-0.2, -0.15) is 5.10 Å². The van der Waals surface area contributed by atoms with Gasteiger partial charge in [0.05, 0.1) is 13.2 Å². The van der Waals surface area contributed by atoms with E-state index in [0.29, 0.717) is 23.6 Å². The van der Waals surface area contributed by atoms with E-state index in [1.165, 1.54) is 0 Å². The van der Waals surface area contributed by atoms with Crippen LogP contribution in [0.25, 0.3) is 0 Å². The van der Waals surface area contributed by atoms with Crippen LogP contribution in [0.15, 0.2) is 24.4 Å². The second kappa shape index (κ2) is 8.61. The maximum absolute atomic E-state index is 12.3. The Kier molecular flexibility index (Phi) is 6.00. The first-order chi connectivity index (χ1) is 12.6. The quantitative estimate of drug-likeness (QED) is 0.815.